The van der Waals surface area contributed by atoms with Crippen LogP contribution < -0.4 is 10.9 Å². The molecule has 26 heavy (non-hydrogen) atoms. The Hall–Kier alpha value is -1.77. The molecular weight excluding hydrogens is 452 g/mol. The average Bonchev–Trinajstić information content (AvgIpc) is 3.32. The number of nitrogens with zero attached hydrogens (tertiary/aromatic N) is 3. The van der Waals surface area contributed by atoms with Gasteiger partial charge in [0.2, 0.25) is 10.3 Å². The number of nitrogens with two attached hydrogens (primary N) is 1. The Morgan fingerprint density at radius 1 is 0.808 bits per heavy atom. The smallest absolute Gasteiger partial charge is 0.207 e. The van der Waals surface area contributed by atoms with E-state index in [9.17, 15) is 0 Å². The van der Waals surface area contributed by atoms with Gasteiger partial charge in [-0.05, 0) is 24.3 Å². The number of benzene rings is 2. The summed E-state index contributed by atoms with van der Waals surface area (Å²) in [6.07, 6.45) is 0. The van der Waals surface area contributed by atoms with Crippen molar-refractivity contribution in [2.75, 3.05) is 5.01 Å². The van der Waals surface area contributed by atoms with Crippen molar-refractivity contribution in [1.29, 1.82) is 0 Å². The Kier molecular flexibility index (Phi) is 5.06. The molecule has 4 rings (SSSR count). The number of hydrogen-bond donors (Lipinski definition) is 1. The number of hydrogen-bond acceptors (Lipinski definition) is 6. The summed E-state index contributed by atoms with van der Waals surface area (Å²) in [6, 6.07) is 15.6. The van der Waals surface area contributed by atoms with Crippen molar-refractivity contribution in [3.63, 3.8) is 0 Å². The fraction of sp³-hybridized carbons (Fsp3) is 0. The molecule has 0 saturated carbocycles. The molecule has 0 aliphatic carbocycles. The molecule has 8 heteroatoms. The third kappa shape index (κ3) is 3.67. The van der Waals surface area contributed by atoms with Crippen LogP contribution in [0.25, 0.3) is 22.5 Å². The molecule has 0 amide bonds. The Morgan fingerprint density at radius 2 is 1.27 bits per heavy atom. The molecule has 0 fully saturated rings. The van der Waals surface area contributed by atoms with E-state index in [1.807, 2.05) is 59.3 Å². The zero-order valence-electron chi connectivity index (χ0n) is 13.3. The molecule has 0 aliphatic heterocycles. The highest BCUT2D eigenvalue weighted by Gasteiger charge is 2.15. The molecule has 2 aromatic heterocycles. The van der Waals surface area contributed by atoms with Crippen LogP contribution >= 0.6 is 50.2 Å². The van der Waals surface area contributed by atoms with Gasteiger partial charge < -0.3 is 0 Å². The van der Waals surface area contributed by atoms with E-state index < -0.39 is 0 Å². The predicted molar refractivity (Wildman–Crippen MR) is 114 cm³/mol. The summed E-state index contributed by atoms with van der Waals surface area (Å²) in [4.78, 5) is 9.25. The molecule has 0 saturated heterocycles. The van der Waals surface area contributed by atoms with Crippen molar-refractivity contribution >= 4 is 60.5 Å². The van der Waals surface area contributed by atoms with Crippen LogP contribution in [0.4, 0.5) is 10.3 Å². The van der Waals surface area contributed by atoms with Crippen LogP contribution in [0.1, 0.15) is 0 Å². The standard InChI is InChI=1S/C18H12BrClN4S2/c19-13-5-1-11(2-6-13)15-9-25-17(22-15)24(21)18-23-16(10-26-18)12-3-7-14(20)8-4-12/h1-10H,21H2. The van der Waals surface area contributed by atoms with Crippen molar-refractivity contribution < 1.29 is 0 Å². The van der Waals surface area contributed by atoms with Crippen LogP contribution in [0.3, 0.4) is 0 Å². The summed E-state index contributed by atoms with van der Waals surface area (Å²) in [7, 11) is 0. The summed E-state index contributed by atoms with van der Waals surface area (Å²) >= 11 is 12.3. The fourth-order valence-corrected chi connectivity index (χ4v) is 4.30. The highest BCUT2D eigenvalue weighted by atomic mass is 79.9. The van der Waals surface area contributed by atoms with Crippen molar-refractivity contribution in [2.45, 2.75) is 0 Å². The highest BCUT2D eigenvalue weighted by molar-refractivity contribution is 9.10. The zero-order chi connectivity index (χ0) is 18.1. The molecule has 0 atom stereocenters. The number of hydrazine groups is 1. The minimum Gasteiger partial charge on any atom is -0.239 e. The van der Waals surface area contributed by atoms with Crippen molar-refractivity contribution in [1.82, 2.24) is 9.97 Å². The maximum Gasteiger partial charge on any atom is 0.207 e. The maximum atomic E-state index is 6.25. The van der Waals surface area contributed by atoms with Crippen LogP contribution in [-0.2, 0) is 0 Å². The van der Waals surface area contributed by atoms with Gasteiger partial charge in [0.05, 0.1) is 11.4 Å². The lowest BCUT2D eigenvalue weighted by molar-refractivity contribution is 1.05. The van der Waals surface area contributed by atoms with E-state index >= 15 is 0 Å². The minimum absolute atomic E-state index is 0.687. The molecular formula is C18H12BrClN4S2. The Labute approximate surface area is 172 Å². The van der Waals surface area contributed by atoms with Crippen molar-refractivity contribution in [3.8, 4) is 22.5 Å². The minimum atomic E-state index is 0.687. The Bertz CT molecular complexity index is 944. The molecule has 2 aromatic carbocycles. The van der Waals surface area contributed by atoms with E-state index in [1.165, 1.54) is 27.7 Å². The first-order valence-electron chi connectivity index (χ1n) is 7.58. The van der Waals surface area contributed by atoms with Gasteiger partial charge in [-0.25, -0.2) is 20.8 Å². The monoisotopic (exact) mass is 462 g/mol. The number of halogens is 2. The van der Waals surface area contributed by atoms with Gasteiger partial charge in [-0.15, -0.1) is 22.7 Å². The Morgan fingerprint density at radius 3 is 1.77 bits per heavy atom. The molecule has 0 aliphatic rings. The number of thiazole rings is 2. The van der Waals surface area contributed by atoms with Crippen molar-refractivity contribution in [2.24, 2.45) is 5.84 Å². The second-order valence-electron chi connectivity index (χ2n) is 5.41. The summed E-state index contributed by atoms with van der Waals surface area (Å²) in [5.41, 5.74) is 3.80. The maximum absolute atomic E-state index is 6.25. The number of rotatable bonds is 4. The molecule has 0 bridgehead atoms. The summed E-state index contributed by atoms with van der Waals surface area (Å²) in [5, 5.41) is 7.57. The van der Waals surface area contributed by atoms with Gasteiger partial charge in [-0.1, -0.05) is 51.8 Å². The van der Waals surface area contributed by atoms with Crippen LogP contribution in [0.5, 0.6) is 0 Å². The third-order valence-electron chi connectivity index (χ3n) is 3.68. The van der Waals surface area contributed by atoms with E-state index in [0.29, 0.717) is 15.3 Å². The van der Waals surface area contributed by atoms with Gasteiger partial charge in [-0.2, -0.15) is 0 Å². The van der Waals surface area contributed by atoms with E-state index in [-0.39, 0.29) is 0 Å². The second-order valence-corrected chi connectivity index (χ2v) is 8.44. The molecule has 2 N–H and O–H groups in total. The summed E-state index contributed by atoms with van der Waals surface area (Å²) < 4.78 is 1.04. The van der Waals surface area contributed by atoms with Gasteiger partial charge in [0.1, 0.15) is 0 Å². The first-order chi connectivity index (χ1) is 12.6. The lowest BCUT2D eigenvalue weighted by atomic mass is 10.2. The van der Waals surface area contributed by atoms with Gasteiger partial charge >= 0.3 is 0 Å². The molecule has 0 unspecified atom stereocenters. The quantitative estimate of drug-likeness (QED) is 0.282. The number of anilines is 2. The van der Waals surface area contributed by atoms with Crippen molar-refractivity contribution in [3.05, 3.63) is 68.8 Å². The van der Waals surface area contributed by atoms with Gasteiger partial charge in [0.25, 0.3) is 0 Å². The van der Waals surface area contributed by atoms with E-state index in [1.54, 1.807) is 0 Å². The molecule has 0 radical (unpaired) electrons. The lowest BCUT2D eigenvalue weighted by Crippen LogP contribution is -2.24. The zero-order valence-corrected chi connectivity index (χ0v) is 17.2. The lowest BCUT2D eigenvalue weighted by Gasteiger charge is -2.10. The largest absolute Gasteiger partial charge is 0.239 e. The molecule has 4 aromatic rings. The molecule has 130 valence electrons. The van der Waals surface area contributed by atoms with E-state index in [0.717, 1.165) is 27.0 Å². The van der Waals surface area contributed by atoms with Gasteiger partial charge in [0.15, 0.2) is 0 Å². The fourth-order valence-electron chi connectivity index (χ4n) is 2.34. The molecule has 2 heterocycles. The molecule has 4 nitrogen and oxygen atoms in total. The molecule has 0 spiro atoms. The number of aromatic nitrogens is 2. The van der Waals surface area contributed by atoms with E-state index in [2.05, 4.69) is 25.9 Å². The van der Waals surface area contributed by atoms with Crippen LogP contribution in [0, 0.1) is 0 Å². The summed E-state index contributed by atoms with van der Waals surface area (Å²) in [6.45, 7) is 0. The van der Waals surface area contributed by atoms with E-state index in [4.69, 9.17) is 17.4 Å². The van der Waals surface area contributed by atoms with Crippen LogP contribution in [0.15, 0.2) is 63.8 Å². The first kappa shape index (κ1) is 17.6. The highest BCUT2D eigenvalue weighted by Crippen LogP contribution is 2.34. The third-order valence-corrected chi connectivity index (χ3v) is 6.14. The van der Waals surface area contributed by atoms with Gasteiger partial charge in [0, 0.05) is 31.4 Å². The predicted octanol–water partition coefficient (Wildman–Crippen LogP) is 6.36. The van der Waals surface area contributed by atoms with Crippen LogP contribution in [0.2, 0.25) is 5.02 Å². The van der Waals surface area contributed by atoms with Gasteiger partial charge in [-0.3, -0.25) is 0 Å². The summed E-state index contributed by atoms with van der Waals surface area (Å²) in [5.74, 6) is 6.25. The Balaban J connectivity index is 1.57. The SMILES string of the molecule is NN(c1nc(-c2ccc(Cl)cc2)cs1)c1nc(-c2ccc(Br)cc2)cs1. The first-order valence-corrected chi connectivity index (χ1v) is 10.5. The second kappa shape index (κ2) is 7.46. The average molecular weight is 464 g/mol. The van der Waals surface area contributed by atoms with Crippen LogP contribution in [-0.4, -0.2) is 9.97 Å². The normalized spacial score (nSPS) is 10.9. The topological polar surface area (TPSA) is 55.0 Å².